The van der Waals surface area contributed by atoms with E-state index >= 15 is 0 Å². The van der Waals surface area contributed by atoms with Crippen LogP contribution in [0.5, 0.6) is 17.2 Å². The highest BCUT2D eigenvalue weighted by molar-refractivity contribution is 5.78. The van der Waals surface area contributed by atoms with Crippen molar-refractivity contribution in [3.63, 3.8) is 0 Å². The molecule has 0 fully saturated rings. The number of methoxy groups -OCH3 is 3. The molecule has 1 amide bonds. The van der Waals surface area contributed by atoms with Crippen LogP contribution in [0.3, 0.4) is 0 Å². The number of rotatable bonds is 9. The molecule has 1 aromatic rings. The van der Waals surface area contributed by atoms with Crippen LogP contribution < -0.4 is 19.5 Å². The molecule has 22 heavy (non-hydrogen) atoms. The summed E-state index contributed by atoms with van der Waals surface area (Å²) in [5.74, 6) is 2.05. The van der Waals surface area contributed by atoms with Gasteiger partial charge in [0.2, 0.25) is 11.7 Å². The Morgan fingerprint density at radius 2 is 1.59 bits per heavy atom. The maximum Gasteiger partial charge on any atom is 0.223 e. The van der Waals surface area contributed by atoms with Crippen LogP contribution in [0.1, 0.15) is 32.3 Å². The predicted molar refractivity (Wildman–Crippen MR) is 86.9 cm³/mol. The summed E-state index contributed by atoms with van der Waals surface area (Å²) < 4.78 is 16.0. The molecule has 0 bridgehead atoms. The lowest BCUT2D eigenvalue weighted by atomic mass is 10.0. The highest BCUT2D eigenvalue weighted by atomic mass is 16.5. The average Bonchev–Trinajstić information content (AvgIpc) is 2.54. The number of carbonyl (C=O) groups excluding carboxylic acids is 1. The van der Waals surface area contributed by atoms with Crippen LogP contribution >= 0.6 is 0 Å². The van der Waals surface area contributed by atoms with Crippen molar-refractivity contribution in [2.45, 2.75) is 33.1 Å². The third-order valence-electron chi connectivity index (χ3n) is 3.79. The quantitative estimate of drug-likeness (QED) is 0.762. The third kappa shape index (κ3) is 4.55. The van der Waals surface area contributed by atoms with Crippen LogP contribution in [0.25, 0.3) is 0 Å². The van der Waals surface area contributed by atoms with Crippen LogP contribution in [0, 0.1) is 5.92 Å². The topological polar surface area (TPSA) is 56.8 Å². The van der Waals surface area contributed by atoms with Crippen LogP contribution in [-0.2, 0) is 11.2 Å². The number of benzene rings is 1. The number of hydrogen-bond acceptors (Lipinski definition) is 4. The molecular formula is C17H27NO4. The molecule has 0 heterocycles. The van der Waals surface area contributed by atoms with Crippen molar-refractivity contribution < 1.29 is 19.0 Å². The first-order valence-electron chi connectivity index (χ1n) is 7.67. The first kappa shape index (κ1) is 18.1. The van der Waals surface area contributed by atoms with E-state index in [0.29, 0.717) is 30.2 Å². The molecule has 0 atom stereocenters. The largest absolute Gasteiger partial charge is 0.493 e. The lowest BCUT2D eigenvalue weighted by molar-refractivity contribution is -0.125. The second kappa shape index (κ2) is 9.18. The molecule has 0 saturated carbocycles. The molecule has 0 saturated heterocycles. The maximum atomic E-state index is 12.0. The predicted octanol–water partition coefficient (Wildman–Crippen LogP) is 2.81. The zero-order chi connectivity index (χ0) is 16.5. The molecule has 0 spiro atoms. The molecule has 0 unspecified atom stereocenters. The molecule has 0 radical (unpaired) electrons. The summed E-state index contributed by atoms with van der Waals surface area (Å²) >= 11 is 0. The van der Waals surface area contributed by atoms with E-state index in [1.54, 1.807) is 21.3 Å². The van der Waals surface area contributed by atoms with Gasteiger partial charge < -0.3 is 19.5 Å². The highest BCUT2D eigenvalue weighted by Gasteiger charge is 2.15. The van der Waals surface area contributed by atoms with Gasteiger partial charge in [0.1, 0.15) is 0 Å². The molecule has 5 heteroatoms. The smallest absolute Gasteiger partial charge is 0.223 e. The molecule has 124 valence electrons. The van der Waals surface area contributed by atoms with Gasteiger partial charge in [-0.2, -0.15) is 0 Å². The number of amides is 1. The summed E-state index contributed by atoms with van der Waals surface area (Å²) in [5.41, 5.74) is 1.03. The van der Waals surface area contributed by atoms with E-state index < -0.39 is 0 Å². The fourth-order valence-electron chi connectivity index (χ4n) is 2.41. The third-order valence-corrected chi connectivity index (χ3v) is 3.79. The SMILES string of the molecule is CCC(CC)C(=O)NCCc1cc(OC)c(OC)c(OC)c1. The molecule has 1 aromatic carbocycles. The average molecular weight is 309 g/mol. The van der Waals surface area contributed by atoms with Gasteiger partial charge in [-0.15, -0.1) is 0 Å². The fraction of sp³-hybridized carbons (Fsp3) is 0.588. The first-order valence-corrected chi connectivity index (χ1v) is 7.67. The van der Waals surface area contributed by atoms with E-state index in [2.05, 4.69) is 5.32 Å². The standard InChI is InChI=1S/C17H27NO4/c1-6-13(7-2)17(19)18-9-8-12-10-14(20-3)16(22-5)15(11-12)21-4/h10-11,13H,6-9H2,1-5H3,(H,18,19). The van der Waals surface area contributed by atoms with Crippen LogP contribution in [0.15, 0.2) is 12.1 Å². The monoisotopic (exact) mass is 309 g/mol. The summed E-state index contributed by atoms with van der Waals surface area (Å²) in [6.07, 6.45) is 2.45. The number of ether oxygens (including phenoxy) is 3. The Bertz CT molecular complexity index is 459. The van der Waals surface area contributed by atoms with Crippen molar-refractivity contribution >= 4 is 5.91 Å². The van der Waals surface area contributed by atoms with E-state index in [-0.39, 0.29) is 11.8 Å². The Morgan fingerprint density at radius 1 is 1.05 bits per heavy atom. The molecule has 0 aromatic heterocycles. The van der Waals surface area contributed by atoms with E-state index in [4.69, 9.17) is 14.2 Å². The van der Waals surface area contributed by atoms with Gasteiger partial charge in [0.25, 0.3) is 0 Å². The normalized spacial score (nSPS) is 10.5. The number of carbonyl (C=O) groups is 1. The minimum atomic E-state index is 0.0972. The van der Waals surface area contributed by atoms with Crippen LogP contribution in [-0.4, -0.2) is 33.8 Å². The summed E-state index contributed by atoms with van der Waals surface area (Å²) in [5, 5.41) is 2.98. The van der Waals surface area contributed by atoms with Crippen LogP contribution in [0.4, 0.5) is 0 Å². The Hall–Kier alpha value is -1.91. The summed E-state index contributed by atoms with van der Waals surface area (Å²) in [4.78, 5) is 12.0. The number of hydrogen-bond donors (Lipinski definition) is 1. The molecule has 1 rings (SSSR count). The van der Waals surface area contributed by atoms with Crippen molar-refractivity contribution in [3.8, 4) is 17.2 Å². The van der Waals surface area contributed by atoms with Gasteiger partial charge in [-0.25, -0.2) is 0 Å². The van der Waals surface area contributed by atoms with Gasteiger partial charge in [-0.1, -0.05) is 13.8 Å². The summed E-state index contributed by atoms with van der Waals surface area (Å²) in [7, 11) is 4.77. The first-order chi connectivity index (χ1) is 10.6. The molecule has 1 N–H and O–H groups in total. The minimum absolute atomic E-state index is 0.0972. The second-order valence-electron chi connectivity index (χ2n) is 5.09. The lowest BCUT2D eigenvalue weighted by Crippen LogP contribution is -2.31. The summed E-state index contributed by atoms with van der Waals surface area (Å²) in [6.45, 7) is 4.66. The van der Waals surface area contributed by atoms with E-state index in [1.807, 2.05) is 26.0 Å². The Morgan fingerprint density at radius 3 is 2.00 bits per heavy atom. The van der Waals surface area contributed by atoms with Gasteiger partial charge in [-0.3, -0.25) is 4.79 Å². The number of nitrogens with one attached hydrogen (secondary N) is 1. The van der Waals surface area contributed by atoms with E-state index in [1.165, 1.54) is 0 Å². The van der Waals surface area contributed by atoms with Crippen molar-refractivity contribution in [2.24, 2.45) is 5.92 Å². The lowest BCUT2D eigenvalue weighted by Gasteiger charge is -2.15. The molecule has 0 aliphatic carbocycles. The second-order valence-corrected chi connectivity index (χ2v) is 5.09. The highest BCUT2D eigenvalue weighted by Crippen LogP contribution is 2.38. The molecule has 0 aliphatic heterocycles. The maximum absolute atomic E-state index is 12.0. The van der Waals surface area contributed by atoms with Gasteiger partial charge in [0.05, 0.1) is 21.3 Å². The Kier molecular flexibility index (Phi) is 7.57. The van der Waals surface area contributed by atoms with Gasteiger partial charge in [0.15, 0.2) is 11.5 Å². The fourth-order valence-corrected chi connectivity index (χ4v) is 2.41. The van der Waals surface area contributed by atoms with Gasteiger partial charge in [0, 0.05) is 12.5 Å². The Labute approximate surface area is 132 Å². The van der Waals surface area contributed by atoms with Crippen molar-refractivity contribution in [3.05, 3.63) is 17.7 Å². The zero-order valence-electron chi connectivity index (χ0n) is 14.2. The Balaban J connectivity index is 2.72. The minimum Gasteiger partial charge on any atom is -0.493 e. The van der Waals surface area contributed by atoms with E-state index in [9.17, 15) is 4.79 Å². The summed E-state index contributed by atoms with van der Waals surface area (Å²) in [6, 6.07) is 3.81. The van der Waals surface area contributed by atoms with Gasteiger partial charge >= 0.3 is 0 Å². The molecule has 0 aliphatic rings. The van der Waals surface area contributed by atoms with Crippen molar-refractivity contribution in [1.82, 2.24) is 5.32 Å². The zero-order valence-corrected chi connectivity index (χ0v) is 14.2. The van der Waals surface area contributed by atoms with Crippen LogP contribution in [0.2, 0.25) is 0 Å². The van der Waals surface area contributed by atoms with Gasteiger partial charge in [-0.05, 0) is 37.0 Å². The molecular weight excluding hydrogens is 282 g/mol. The molecule has 5 nitrogen and oxygen atoms in total. The van der Waals surface area contributed by atoms with E-state index in [0.717, 1.165) is 18.4 Å². The van der Waals surface area contributed by atoms with Crippen molar-refractivity contribution in [2.75, 3.05) is 27.9 Å². The van der Waals surface area contributed by atoms with Crippen molar-refractivity contribution in [1.29, 1.82) is 0 Å².